The van der Waals surface area contributed by atoms with Crippen molar-refractivity contribution in [1.29, 1.82) is 0 Å². The molecule has 3 heteroatoms. The first-order valence-corrected chi connectivity index (χ1v) is 7.82. The normalized spacial score (nSPS) is 23.5. The number of nitrogens with zero attached hydrogens (tertiary/aromatic N) is 2. The molecule has 1 aromatic carbocycles. The Morgan fingerprint density at radius 2 is 1.80 bits per heavy atom. The smallest absolute Gasteiger partial charge is 0.0374 e. The Labute approximate surface area is 123 Å². The molecule has 1 aliphatic rings. The van der Waals surface area contributed by atoms with E-state index in [1.54, 1.807) is 0 Å². The molecular formula is C17H29N3. The molecule has 1 saturated heterocycles. The zero-order valence-electron chi connectivity index (χ0n) is 13.2. The average molecular weight is 275 g/mol. The van der Waals surface area contributed by atoms with Gasteiger partial charge in [0.2, 0.25) is 0 Å². The fraction of sp³-hybridized carbons (Fsp3) is 0.647. The summed E-state index contributed by atoms with van der Waals surface area (Å²) in [7, 11) is 4.42. The lowest BCUT2D eigenvalue weighted by atomic mass is 9.98. The van der Waals surface area contributed by atoms with Gasteiger partial charge >= 0.3 is 0 Å². The van der Waals surface area contributed by atoms with Crippen LogP contribution in [0, 0.1) is 0 Å². The molecule has 112 valence electrons. The van der Waals surface area contributed by atoms with Crippen LogP contribution in [0.15, 0.2) is 24.3 Å². The third kappa shape index (κ3) is 4.05. The maximum atomic E-state index is 6.50. The van der Waals surface area contributed by atoms with E-state index in [1.165, 1.54) is 24.1 Å². The summed E-state index contributed by atoms with van der Waals surface area (Å²) in [6.07, 6.45) is 3.30. The van der Waals surface area contributed by atoms with Crippen molar-refractivity contribution in [2.75, 3.05) is 33.7 Å². The van der Waals surface area contributed by atoms with E-state index in [2.05, 4.69) is 55.1 Å². The Balaban J connectivity index is 1.99. The van der Waals surface area contributed by atoms with E-state index in [9.17, 15) is 0 Å². The fourth-order valence-corrected chi connectivity index (χ4v) is 3.09. The molecule has 2 unspecified atom stereocenters. The van der Waals surface area contributed by atoms with Crippen molar-refractivity contribution in [3.63, 3.8) is 0 Å². The Morgan fingerprint density at radius 3 is 2.45 bits per heavy atom. The van der Waals surface area contributed by atoms with E-state index in [1.807, 2.05) is 0 Å². The first-order valence-electron chi connectivity index (χ1n) is 7.82. The van der Waals surface area contributed by atoms with Crippen molar-refractivity contribution in [3.8, 4) is 0 Å². The number of hydrogen-bond acceptors (Lipinski definition) is 3. The molecule has 1 aliphatic heterocycles. The van der Waals surface area contributed by atoms with Crippen LogP contribution in [0.4, 0.5) is 0 Å². The fourth-order valence-electron chi connectivity index (χ4n) is 3.09. The highest BCUT2D eigenvalue weighted by Crippen LogP contribution is 2.14. The number of hydrogen-bond donors (Lipinski definition) is 1. The molecule has 1 fully saturated rings. The Kier molecular flexibility index (Phi) is 5.58. The summed E-state index contributed by atoms with van der Waals surface area (Å²) < 4.78 is 0. The molecule has 0 spiro atoms. The van der Waals surface area contributed by atoms with Gasteiger partial charge < -0.3 is 15.5 Å². The monoisotopic (exact) mass is 275 g/mol. The largest absolute Gasteiger partial charge is 0.326 e. The molecule has 3 nitrogen and oxygen atoms in total. The van der Waals surface area contributed by atoms with E-state index in [4.69, 9.17) is 5.73 Å². The van der Waals surface area contributed by atoms with Crippen LogP contribution >= 0.6 is 0 Å². The minimum Gasteiger partial charge on any atom is -0.326 e. The minimum atomic E-state index is 0.202. The van der Waals surface area contributed by atoms with Crippen LogP contribution in [0.2, 0.25) is 0 Å². The molecule has 0 radical (unpaired) electrons. The zero-order valence-corrected chi connectivity index (χ0v) is 13.2. The Morgan fingerprint density at radius 1 is 1.15 bits per heavy atom. The summed E-state index contributed by atoms with van der Waals surface area (Å²) in [5.74, 6) is 0. The van der Waals surface area contributed by atoms with Gasteiger partial charge in [0.15, 0.2) is 0 Å². The summed E-state index contributed by atoms with van der Waals surface area (Å²) in [6, 6.07) is 9.58. The van der Waals surface area contributed by atoms with Crippen molar-refractivity contribution in [3.05, 3.63) is 35.4 Å². The maximum Gasteiger partial charge on any atom is 0.0374 e. The van der Waals surface area contributed by atoms with Crippen molar-refractivity contribution in [2.24, 2.45) is 5.73 Å². The first kappa shape index (κ1) is 15.5. The van der Waals surface area contributed by atoms with Crippen LogP contribution in [0.25, 0.3) is 0 Å². The van der Waals surface area contributed by atoms with Crippen LogP contribution in [-0.4, -0.2) is 55.6 Å². The third-order valence-electron chi connectivity index (χ3n) is 4.51. The SMILES string of the molecule is CCc1ccc(CC(N)C2CN(C)CCCN2C)cc1. The average Bonchev–Trinajstić information content (AvgIpc) is 2.61. The highest BCUT2D eigenvalue weighted by atomic mass is 15.2. The maximum absolute atomic E-state index is 6.50. The van der Waals surface area contributed by atoms with Gasteiger partial charge in [0.05, 0.1) is 0 Å². The number of nitrogens with two attached hydrogens (primary N) is 1. The van der Waals surface area contributed by atoms with Crippen LogP contribution in [0.5, 0.6) is 0 Å². The molecule has 0 aliphatic carbocycles. The lowest BCUT2D eigenvalue weighted by molar-refractivity contribution is 0.195. The highest BCUT2D eigenvalue weighted by molar-refractivity contribution is 5.23. The van der Waals surface area contributed by atoms with Crippen LogP contribution in [-0.2, 0) is 12.8 Å². The van der Waals surface area contributed by atoms with Crippen molar-refractivity contribution in [2.45, 2.75) is 38.3 Å². The van der Waals surface area contributed by atoms with Crippen molar-refractivity contribution < 1.29 is 0 Å². The van der Waals surface area contributed by atoms with Gasteiger partial charge in [-0.3, -0.25) is 0 Å². The first-order chi connectivity index (χ1) is 9.60. The van der Waals surface area contributed by atoms with Crippen molar-refractivity contribution in [1.82, 2.24) is 9.80 Å². The molecule has 0 saturated carbocycles. The molecule has 2 atom stereocenters. The molecule has 1 heterocycles. The summed E-state index contributed by atoms with van der Waals surface area (Å²) >= 11 is 0. The highest BCUT2D eigenvalue weighted by Gasteiger charge is 2.26. The molecule has 2 N–H and O–H groups in total. The topological polar surface area (TPSA) is 32.5 Å². The zero-order chi connectivity index (χ0) is 14.5. The molecular weight excluding hydrogens is 246 g/mol. The second-order valence-electron chi connectivity index (χ2n) is 6.20. The standard InChI is InChI=1S/C17H29N3/c1-4-14-6-8-15(9-7-14)12-16(18)17-13-19(2)10-5-11-20(17)3/h6-9,16-17H,4-5,10-13,18H2,1-3H3. The number of likely N-dealkylation sites (N-methyl/N-ethyl adjacent to an activating group) is 2. The number of aryl methyl sites for hydroxylation is 1. The second kappa shape index (κ2) is 7.21. The van der Waals surface area contributed by atoms with Gasteiger partial charge in [-0.15, -0.1) is 0 Å². The quantitative estimate of drug-likeness (QED) is 0.909. The second-order valence-corrected chi connectivity index (χ2v) is 6.20. The Bertz CT molecular complexity index is 401. The van der Waals surface area contributed by atoms with Gasteiger partial charge in [0.1, 0.15) is 0 Å². The minimum absolute atomic E-state index is 0.202. The predicted octanol–water partition coefficient (Wildman–Crippen LogP) is 1.75. The van der Waals surface area contributed by atoms with Crippen molar-refractivity contribution >= 4 is 0 Å². The van der Waals surface area contributed by atoms with Gasteiger partial charge in [-0.1, -0.05) is 31.2 Å². The lowest BCUT2D eigenvalue weighted by Crippen LogP contribution is -2.51. The van der Waals surface area contributed by atoms with Gasteiger partial charge in [-0.2, -0.15) is 0 Å². The van der Waals surface area contributed by atoms with Gasteiger partial charge in [-0.05, 0) is 57.6 Å². The molecule has 0 aromatic heterocycles. The summed E-state index contributed by atoms with van der Waals surface area (Å²) in [5.41, 5.74) is 9.26. The molecule has 0 amide bonds. The van der Waals surface area contributed by atoms with E-state index < -0.39 is 0 Å². The van der Waals surface area contributed by atoms with Gasteiger partial charge in [0, 0.05) is 18.6 Å². The number of rotatable bonds is 4. The van der Waals surface area contributed by atoms with E-state index >= 15 is 0 Å². The van der Waals surface area contributed by atoms with E-state index in [0.717, 1.165) is 25.9 Å². The molecule has 20 heavy (non-hydrogen) atoms. The summed E-state index contributed by atoms with van der Waals surface area (Å²) in [4.78, 5) is 4.85. The Hall–Kier alpha value is -0.900. The van der Waals surface area contributed by atoms with Gasteiger partial charge in [-0.25, -0.2) is 0 Å². The third-order valence-corrected chi connectivity index (χ3v) is 4.51. The van der Waals surface area contributed by atoms with E-state index in [-0.39, 0.29) is 6.04 Å². The molecule has 0 bridgehead atoms. The van der Waals surface area contributed by atoms with Gasteiger partial charge in [0.25, 0.3) is 0 Å². The van der Waals surface area contributed by atoms with Crippen LogP contribution in [0.1, 0.15) is 24.5 Å². The lowest BCUT2D eigenvalue weighted by Gasteiger charge is -2.32. The summed E-state index contributed by atoms with van der Waals surface area (Å²) in [5, 5.41) is 0. The summed E-state index contributed by atoms with van der Waals surface area (Å²) in [6.45, 7) is 5.60. The van der Waals surface area contributed by atoms with Crippen LogP contribution < -0.4 is 5.73 Å². The van der Waals surface area contributed by atoms with E-state index in [0.29, 0.717) is 6.04 Å². The number of benzene rings is 1. The molecule has 1 aromatic rings. The molecule has 2 rings (SSSR count). The predicted molar refractivity (Wildman–Crippen MR) is 86.0 cm³/mol. The van der Waals surface area contributed by atoms with Crippen LogP contribution in [0.3, 0.4) is 0 Å².